The molecule has 5 nitrogen and oxygen atoms in total. The highest BCUT2D eigenvalue weighted by Gasteiger charge is 2.24. The van der Waals surface area contributed by atoms with Crippen molar-refractivity contribution in [2.24, 2.45) is 4.99 Å². The number of pyridine rings is 1. The largest absolute Gasteiger partial charge is 0.471 e. The Morgan fingerprint density at radius 1 is 1.52 bits per heavy atom. The van der Waals surface area contributed by atoms with Gasteiger partial charge in [-0.3, -0.25) is 0 Å². The van der Waals surface area contributed by atoms with Crippen molar-refractivity contribution in [2.75, 3.05) is 20.3 Å². The molecule has 1 aliphatic carbocycles. The summed E-state index contributed by atoms with van der Waals surface area (Å²) >= 11 is 3.52. The third-order valence-electron chi connectivity index (χ3n) is 3.62. The van der Waals surface area contributed by atoms with Gasteiger partial charge in [0.25, 0.3) is 0 Å². The topological polar surface area (TPSA) is 47.0 Å². The Labute approximate surface area is 147 Å². The van der Waals surface area contributed by atoms with Crippen LogP contribution in [0.3, 0.4) is 0 Å². The van der Waals surface area contributed by atoms with Gasteiger partial charge in [0, 0.05) is 19.7 Å². The molecule has 0 bridgehead atoms. The molecule has 1 atom stereocenters. The van der Waals surface area contributed by atoms with Gasteiger partial charge in [-0.2, -0.15) is 0 Å². The SMILES string of the molecule is CCCOCC(C)Oc1nc(C)c(N=CN(C)C2CC2)cc1Br. The van der Waals surface area contributed by atoms with Gasteiger partial charge in [0.15, 0.2) is 0 Å². The molecule has 1 unspecified atom stereocenters. The quantitative estimate of drug-likeness (QED) is 0.365. The van der Waals surface area contributed by atoms with Gasteiger partial charge in [-0.15, -0.1) is 0 Å². The molecule has 6 heteroatoms. The monoisotopic (exact) mass is 383 g/mol. The van der Waals surface area contributed by atoms with E-state index >= 15 is 0 Å². The van der Waals surface area contributed by atoms with Gasteiger partial charge in [-0.25, -0.2) is 9.98 Å². The number of aromatic nitrogens is 1. The van der Waals surface area contributed by atoms with Crippen LogP contribution in [0.1, 0.15) is 38.8 Å². The number of halogens is 1. The molecule has 0 saturated heterocycles. The van der Waals surface area contributed by atoms with Crippen molar-refractivity contribution < 1.29 is 9.47 Å². The zero-order chi connectivity index (χ0) is 16.8. The fourth-order valence-corrected chi connectivity index (χ4v) is 2.51. The van der Waals surface area contributed by atoms with Gasteiger partial charge >= 0.3 is 0 Å². The predicted octanol–water partition coefficient (Wildman–Crippen LogP) is 4.10. The van der Waals surface area contributed by atoms with Gasteiger partial charge in [0.1, 0.15) is 6.10 Å². The molecule has 1 saturated carbocycles. The van der Waals surface area contributed by atoms with Crippen LogP contribution >= 0.6 is 15.9 Å². The standard InChI is InChI=1S/C17H26BrN3O2/c1-5-8-22-10-12(2)23-17-15(18)9-16(13(3)20-17)19-11-21(4)14-6-7-14/h9,11-12,14H,5-8,10H2,1-4H3. The number of hydrogen-bond donors (Lipinski definition) is 0. The minimum atomic E-state index is -0.0416. The molecule has 0 N–H and O–H groups in total. The molecule has 128 valence electrons. The van der Waals surface area contributed by atoms with E-state index in [9.17, 15) is 0 Å². The fourth-order valence-electron chi connectivity index (χ4n) is 2.11. The Morgan fingerprint density at radius 3 is 2.91 bits per heavy atom. The van der Waals surface area contributed by atoms with Crippen LogP contribution in [0, 0.1) is 6.92 Å². The Hall–Kier alpha value is -1.14. The second-order valence-electron chi connectivity index (χ2n) is 6.02. The highest BCUT2D eigenvalue weighted by atomic mass is 79.9. The zero-order valence-corrected chi connectivity index (χ0v) is 16.0. The number of aliphatic imine (C=N–C) groups is 1. The zero-order valence-electron chi connectivity index (χ0n) is 14.4. The van der Waals surface area contributed by atoms with Crippen molar-refractivity contribution in [1.29, 1.82) is 0 Å². The van der Waals surface area contributed by atoms with E-state index in [0.717, 1.165) is 28.9 Å². The first-order valence-electron chi connectivity index (χ1n) is 8.19. The molecule has 0 spiro atoms. The summed E-state index contributed by atoms with van der Waals surface area (Å²) in [7, 11) is 2.06. The molecule has 2 rings (SSSR count). The van der Waals surface area contributed by atoms with Crippen molar-refractivity contribution in [3.8, 4) is 5.88 Å². The molecule has 1 aromatic heterocycles. The van der Waals surface area contributed by atoms with Crippen LogP contribution in [-0.2, 0) is 4.74 Å². The van der Waals surface area contributed by atoms with Gasteiger partial charge in [-0.1, -0.05) is 6.92 Å². The third kappa shape index (κ3) is 5.77. The highest BCUT2D eigenvalue weighted by Crippen LogP contribution is 2.31. The smallest absolute Gasteiger partial charge is 0.228 e. The van der Waals surface area contributed by atoms with Crippen molar-refractivity contribution in [3.63, 3.8) is 0 Å². The summed E-state index contributed by atoms with van der Waals surface area (Å²) < 4.78 is 12.2. The van der Waals surface area contributed by atoms with E-state index < -0.39 is 0 Å². The summed E-state index contributed by atoms with van der Waals surface area (Å²) in [5, 5.41) is 0. The Kier molecular flexibility index (Phi) is 6.84. The second kappa shape index (κ2) is 8.64. The number of ether oxygens (including phenoxy) is 2. The molecule has 1 aromatic rings. The van der Waals surface area contributed by atoms with E-state index in [0.29, 0.717) is 18.5 Å². The average molecular weight is 384 g/mol. The van der Waals surface area contributed by atoms with Gasteiger partial charge < -0.3 is 14.4 Å². The Bertz CT molecular complexity index is 547. The molecule has 1 fully saturated rings. The number of rotatable bonds is 9. The van der Waals surface area contributed by atoms with Crippen LogP contribution in [0.15, 0.2) is 15.5 Å². The summed E-state index contributed by atoms with van der Waals surface area (Å²) in [6.45, 7) is 7.33. The fraction of sp³-hybridized carbons (Fsp3) is 0.647. The van der Waals surface area contributed by atoms with E-state index in [-0.39, 0.29) is 6.10 Å². The minimum Gasteiger partial charge on any atom is -0.471 e. The lowest BCUT2D eigenvalue weighted by Crippen LogP contribution is -2.20. The lowest BCUT2D eigenvalue weighted by Gasteiger charge is -2.16. The molecular formula is C17H26BrN3O2. The average Bonchev–Trinajstić information content (AvgIpc) is 3.34. The lowest BCUT2D eigenvalue weighted by atomic mass is 10.3. The maximum Gasteiger partial charge on any atom is 0.228 e. The lowest BCUT2D eigenvalue weighted by molar-refractivity contribution is 0.0563. The summed E-state index contributed by atoms with van der Waals surface area (Å²) in [6.07, 6.45) is 5.37. The van der Waals surface area contributed by atoms with E-state index in [1.165, 1.54) is 12.8 Å². The third-order valence-corrected chi connectivity index (χ3v) is 4.19. The number of aryl methyl sites for hydroxylation is 1. The summed E-state index contributed by atoms with van der Waals surface area (Å²) in [5.74, 6) is 0.588. The van der Waals surface area contributed by atoms with Crippen molar-refractivity contribution in [2.45, 2.75) is 52.2 Å². The summed E-state index contributed by atoms with van der Waals surface area (Å²) in [6, 6.07) is 2.61. The number of nitrogens with zero attached hydrogens (tertiary/aromatic N) is 3. The maximum absolute atomic E-state index is 5.86. The Balaban J connectivity index is 1.98. The minimum absolute atomic E-state index is 0.0416. The molecule has 0 aliphatic heterocycles. The Morgan fingerprint density at radius 2 is 2.26 bits per heavy atom. The van der Waals surface area contributed by atoms with Crippen molar-refractivity contribution >= 4 is 28.0 Å². The number of hydrogen-bond acceptors (Lipinski definition) is 4. The van der Waals surface area contributed by atoms with Crippen LogP contribution in [0.4, 0.5) is 5.69 Å². The summed E-state index contributed by atoms with van der Waals surface area (Å²) in [4.78, 5) is 11.2. The predicted molar refractivity (Wildman–Crippen MR) is 96.8 cm³/mol. The molecule has 0 aromatic carbocycles. The molecule has 0 radical (unpaired) electrons. The van der Waals surface area contributed by atoms with Crippen molar-refractivity contribution in [1.82, 2.24) is 9.88 Å². The van der Waals surface area contributed by atoms with E-state index in [4.69, 9.17) is 9.47 Å². The van der Waals surface area contributed by atoms with E-state index in [1.807, 2.05) is 26.3 Å². The second-order valence-corrected chi connectivity index (χ2v) is 6.88. The maximum atomic E-state index is 5.86. The first-order valence-corrected chi connectivity index (χ1v) is 8.98. The van der Waals surface area contributed by atoms with Gasteiger partial charge in [0.05, 0.1) is 28.8 Å². The summed E-state index contributed by atoms with van der Waals surface area (Å²) in [5.41, 5.74) is 1.71. The van der Waals surface area contributed by atoms with Crippen LogP contribution in [-0.4, -0.2) is 48.6 Å². The normalized spacial score (nSPS) is 15.9. The van der Waals surface area contributed by atoms with Crippen LogP contribution < -0.4 is 4.74 Å². The molecule has 1 heterocycles. The first kappa shape index (κ1) is 18.2. The van der Waals surface area contributed by atoms with Crippen molar-refractivity contribution in [3.05, 3.63) is 16.2 Å². The molecule has 0 amide bonds. The van der Waals surface area contributed by atoms with Crippen LogP contribution in [0.5, 0.6) is 5.88 Å². The first-order chi connectivity index (χ1) is 11.0. The highest BCUT2D eigenvalue weighted by molar-refractivity contribution is 9.10. The van der Waals surface area contributed by atoms with E-state index in [1.54, 1.807) is 0 Å². The van der Waals surface area contributed by atoms with Crippen LogP contribution in [0.25, 0.3) is 0 Å². The molecule has 23 heavy (non-hydrogen) atoms. The van der Waals surface area contributed by atoms with Gasteiger partial charge in [0.2, 0.25) is 5.88 Å². The molecular weight excluding hydrogens is 358 g/mol. The van der Waals surface area contributed by atoms with Gasteiger partial charge in [-0.05, 0) is 55.1 Å². The molecule has 1 aliphatic rings. The van der Waals surface area contributed by atoms with Crippen LogP contribution in [0.2, 0.25) is 0 Å². The van der Waals surface area contributed by atoms with E-state index in [2.05, 4.69) is 44.8 Å².